The van der Waals surface area contributed by atoms with Crippen molar-refractivity contribution in [2.75, 3.05) is 6.54 Å². The van der Waals surface area contributed by atoms with E-state index in [-0.39, 0.29) is 5.91 Å². The van der Waals surface area contributed by atoms with E-state index in [1.165, 1.54) is 0 Å². The molecule has 0 atom stereocenters. The minimum Gasteiger partial charge on any atom is -0.352 e. The van der Waals surface area contributed by atoms with Crippen molar-refractivity contribution in [3.63, 3.8) is 0 Å². The van der Waals surface area contributed by atoms with E-state index in [9.17, 15) is 4.79 Å². The Labute approximate surface area is 134 Å². The van der Waals surface area contributed by atoms with Crippen LogP contribution in [0.3, 0.4) is 0 Å². The van der Waals surface area contributed by atoms with Crippen LogP contribution in [0.2, 0.25) is 0 Å². The summed E-state index contributed by atoms with van der Waals surface area (Å²) in [5.74, 6) is -0.0154. The van der Waals surface area contributed by atoms with Gasteiger partial charge < -0.3 is 11.1 Å². The molecule has 2 aromatic heterocycles. The van der Waals surface area contributed by atoms with E-state index in [2.05, 4.69) is 15.4 Å². The predicted molar refractivity (Wildman–Crippen MR) is 87.7 cm³/mol. The Morgan fingerprint density at radius 2 is 2.23 bits per heavy atom. The number of nitrogens with one attached hydrogen (secondary N) is 1. The fourth-order valence-corrected chi connectivity index (χ4v) is 3.13. The highest BCUT2D eigenvalue weighted by molar-refractivity contribution is 7.09. The van der Waals surface area contributed by atoms with Gasteiger partial charge in [0.15, 0.2) is 0 Å². The van der Waals surface area contributed by atoms with Crippen molar-refractivity contribution >= 4 is 17.2 Å². The first-order valence-electron chi connectivity index (χ1n) is 7.40. The Kier molecular flexibility index (Phi) is 5.68. The van der Waals surface area contributed by atoms with Crippen LogP contribution in [0.25, 0.3) is 0 Å². The molecule has 0 aliphatic heterocycles. The Morgan fingerprint density at radius 1 is 1.45 bits per heavy atom. The monoisotopic (exact) mass is 321 g/mol. The first-order valence-corrected chi connectivity index (χ1v) is 8.28. The highest BCUT2D eigenvalue weighted by Gasteiger charge is 2.12. The van der Waals surface area contributed by atoms with Crippen molar-refractivity contribution in [3.8, 4) is 0 Å². The summed E-state index contributed by atoms with van der Waals surface area (Å²) in [6, 6.07) is 0. The van der Waals surface area contributed by atoms with Gasteiger partial charge in [-0.2, -0.15) is 5.10 Å². The topological polar surface area (TPSA) is 85.8 Å². The van der Waals surface area contributed by atoms with Gasteiger partial charge in [-0.25, -0.2) is 4.98 Å². The zero-order valence-corrected chi connectivity index (χ0v) is 14.2. The molecule has 0 bridgehead atoms. The zero-order chi connectivity index (χ0) is 16.1. The van der Waals surface area contributed by atoms with E-state index in [0.29, 0.717) is 19.5 Å². The number of hydrogen-bond donors (Lipinski definition) is 2. The van der Waals surface area contributed by atoms with Crippen molar-refractivity contribution < 1.29 is 4.79 Å². The van der Waals surface area contributed by atoms with Gasteiger partial charge in [0.1, 0.15) is 0 Å². The summed E-state index contributed by atoms with van der Waals surface area (Å²) in [6.45, 7) is 5.14. The molecule has 0 aromatic carbocycles. The van der Waals surface area contributed by atoms with Gasteiger partial charge in [-0.15, -0.1) is 11.3 Å². The molecule has 22 heavy (non-hydrogen) atoms. The van der Waals surface area contributed by atoms with Crippen LogP contribution in [-0.2, 0) is 31.2 Å². The Balaban J connectivity index is 1.86. The van der Waals surface area contributed by atoms with E-state index in [0.717, 1.165) is 40.5 Å². The van der Waals surface area contributed by atoms with E-state index in [1.807, 2.05) is 31.0 Å². The molecule has 2 rings (SSSR count). The number of aromatic nitrogens is 3. The highest BCUT2D eigenvalue weighted by atomic mass is 32.1. The van der Waals surface area contributed by atoms with Crippen molar-refractivity contribution in [2.24, 2.45) is 12.8 Å². The van der Waals surface area contributed by atoms with Crippen LogP contribution in [-0.4, -0.2) is 27.2 Å². The van der Waals surface area contributed by atoms with Crippen LogP contribution in [0.5, 0.6) is 0 Å². The van der Waals surface area contributed by atoms with Gasteiger partial charge in [0, 0.05) is 36.7 Å². The van der Waals surface area contributed by atoms with Crippen LogP contribution in [0.15, 0.2) is 5.38 Å². The summed E-state index contributed by atoms with van der Waals surface area (Å²) >= 11 is 1.59. The quantitative estimate of drug-likeness (QED) is 0.803. The molecular weight excluding hydrogens is 298 g/mol. The molecule has 0 saturated heterocycles. The fourth-order valence-electron chi connectivity index (χ4n) is 2.29. The lowest BCUT2D eigenvalue weighted by molar-refractivity contribution is -0.120. The molecule has 0 radical (unpaired) electrons. The lowest BCUT2D eigenvalue weighted by atomic mass is 10.2. The second-order valence-electron chi connectivity index (χ2n) is 5.35. The molecule has 0 saturated carbocycles. The van der Waals surface area contributed by atoms with Crippen molar-refractivity contribution in [1.29, 1.82) is 0 Å². The number of carbonyl (C=O) groups is 1. The molecule has 2 aromatic rings. The van der Waals surface area contributed by atoms with Crippen LogP contribution in [0.1, 0.15) is 34.1 Å². The first-order chi connectivity index (χ1) is 10.5. The fraction of sp³-hybridized carbons (Fsp3) is 0.533. The number of aryl methyl sites for hydroxylation is 3. The molecule has 0 unspecified atom stereocenters. The summed E-state index contributed by atoms with van der Waals surface area (Å²) in [5, 5.41) is 10.3. The minimum absolute atomic E-state index is 0.0154. The zero-order valence-electron chi connectivity index (χ0n) is 13.3. The van der Waals surface area contributed by atoms with Crippen molar-refractivity contribution in [1.82, 2.24) is 20.1 Å². The summed E-state index contributed by atoms with van der Waals surface area (Å²) < 4.78 is 1.83. The molecule has 0 aliphatic carbocycles. The molecule has 120 valence electrons. The summed E-state index contributed by atoms with van der Waals surface area (Å²) in [7, 11) is 1.91. The molecule has 2 heterocycles. The SMILES string of the molecule is Cc1nn(C)c(C)c1CNC(=O)Cc1csc(CCCN)n1. The third-order valence-corrected chi connectivity index (χ3v) is 4.61. The lowest BCUT2D eigenvalue weighted by Crippen LogP contribution is -2.25. The Morgan fingerprint density at radius 3 is 2.86 bits per heavy atom. The number of nitrogens with two attached hydrogens (primary N) is 1. The lowest BCUT2D eigenvalue weighted by Gasteiger charge is -2.05. The second kappa shape index (κ2) is 7.51. The normalized spacial score (nSPS) is 10.9. The van der Waals surface area contributed by atoms with Gasteiger partial charge in [-0.1, -0.05) is 0 Å². The number of thiazole rings is 1. The average Bonchev–Trinajstić information content (AvgIpc) is 3.01. The molecule has 3 N–H and O–H groups in total. The smallest absolute Gasteiger partial charge is 0.226 e. The summed E-state index contributed by atoms with van der Waals surface area (Å²) in [5.41, 5.74) is 9.44. The van der Waals surface area contributed by atoms with Crippen LogP contribution in [0.4, 0.5) is 0 Å². The molecule has 0 spiro atoms. The standard InChI is InChI=1S/C15H23N5OS/c1-10-13(11(2)20(3)19-10)8-17-14(21)7-12-9-22-15(18-12)5-4-6-16/h9H,4-8,16H2,1-3H3,(H,17,21). The number of amides is 1. The molecular formula is C15H23N5OS. The predicted octanol–water partition coefficient (Wildman–Crippen LogP) is 1.24. The number of carbonyl (C=O) groups excluding carboxylic acids is 1. The maximum absolute atomic E-state index is 12.0. The van der Waals surface area contributed by atoms with Gasteiger partial charge in [0.25, 0.3) is 0 Å². The third-order valence-electron chi connectivity index (χ3n) is 3.66. The van der Waals surface area contributed by atoms with Gasteiger partial charge in [-0.3, -0.25) is 9.48 Å². The first kappa shape index (κ1) is 16.6. The van der Waals surface area contributed by atoms with Gasteiger partial charge in [-0.05, 0) is 26.8 Å². The maximum atomic E-state index is 12.0. The van der Waals surface area contributed by atoms with E-state index in [4.69, 9.17) is 5.73 Å². The largest absolute Gasteiger partial charge is 0.352 e. The van der Waals surface area contributed by atoms with E-state index in [1.54, 1.807) is 11.3 Å². The molecule has 0 aliphatic rings. The molecule has 0 fully saturated rings. The highest BCUT2D eigenvalue weighted by Crippen LogP contribution is 2.13. The van der Waals surface area contributed by atoms with Gasteiger partial charge >= 0.3 is 0 Å². The third kappa shape index (κ3) is 4.14. The van der Waals surface area contributed by atoms with Gasteiger partial charge in [0.2, 0.25) is 5.91 Å². The average molecular weight is 321 g/mol. The second-order valence-corrected chi connectivity index (χ2v) is 6.29. The molecule has 6 nitrogen and oxygen atoms in total. The van der Waals surface area contributed by atoms with E-state index < -0.39 is 0 Å². The maximum Gasteiger partial charge on any atom is 0.226 e. The van der Waals surface area contributed by atoms with Crippen LogP contribution >= 0.6 is 11.3 Å². The van der Waals surface area contributed by atoms with Crippen LogP contribution in [0, 0.1) is 13.8 Å². The summed E-state index contributed by atoms with van der Waals surface area (Å²) in [6.07, 6.45) is 2.13. The number of hydrogen-bond acceptors (Lipinski definition) is 5. The minimum atomic E-state index is -0.0154. The summed E-state index contributed by atoms with van der Waals surface area (Å²) in [4.78, 5) is 16.5. The van der Waals surface area contributed by atoms with Gasteiger partial charge in [0.05, 0.1) is 22.8 Å². The number of rotatable bonds is 7. The molecule has 7 heteroatoms. The number of nitrogens with zero attached hydrogens (tertiary/aromatic N) is 3. The molecule has 1 amide bonds. The van der Waals surface area contributed by atoms with E-state index >= 15 is 0 Å². The van der Waals surface area contributed by atoms with Crippen LogP contribution < -0.4 is 11.1 Å². The Bertz CT molecular complexity index is 646. The Hall–Kier alpha value is -1.73. The van der Waals surface area contributed by atoms with Crippen molar-refractivity contribution in [2.45, 2.75) is 39.7 Å². The van der Waals surface area contributed by atoms with Crippen molar-refractivity contribution in [3.05, 3.63) is 33.0 Å².